The van der Waals surface area contributed by atoms with Crippen LogP contribution in [0.4, 0.5) is 0 Å². The number of nitrogens with one attached hydrogen (secondary N) is 1. The van der Waals surface area contributed by atoms with E-state index in [9.17, 15) is 4.79 Å². The Morgan fingerprint density at radius 1 is 1.17 bits per heavy atom. The topological polar surface area (TPSA) is 51.5 Å². The molecule has 0 radical (unpaired) electrons. The van der Waals surface area contributed by atoms with E-state index < -0.39 is 0 Å². The fourth-order valence-electron chi connectivity index (χ4n) is 3.36. The Labute approximate surface area is 186 Å². The number of amides is 1. The monoisotopic (exact) mass is 445 g/mol. The molecule has 0 atom stereocenters. The summed E-state index contributed by atoms with van der Waals surface area (Å²) >= 11 is 12.4. The molecule has 1 heterocycles. The Morgan fingerprint density at radius 3 is 2.67 bits per heavy atom. The van der Waals surface area contributed by atoms with E-state index >= 15 is 0 Å². The van der Waals surface area contributed by atoms with E-state index in [0.717, 1.165) is 46.9 Å². The average molecular weight is 446 g/mol. The molecule has 0 aliphatic carbocycles. The number of carbonyl (C=O) groups is 1. The number of carbonyl (C=O) groups excluding carboxylic acids is 1. The Kier molecular flexibility index (Phi) is 7.46. The second-order valence-corrected chi connectivity index (χ2v) is 7.99. The Bertz CT molecular complexity index is 1090. The van der Waals surface area contributed by atoms with Gasteiger partial charge in [0.05, 0.1) is 18.4 Å². The van der Waals surface area contributed by atoms with Gasteiger partial charge in [0.2, 0.25) is 5.91 Å². The third-order valence-electron chi connectivity index (χ3n) is 4.97. The molecule has 6 heteroatoms. The predicted molar refractivity (Wildman–Crippen MR) is 124 cm³/mol. The van der Waals surface area contributed by atoms with Crippen LogP contribution in [0.5, 0.6) is 5.75 Å². The standard InChI is InChI=1S/C24H25Cl2NO3/c1-4-5-6-9-27-24(28)10-15(2)18-12-19-20(14-30-23(19)13-22(18)29-3)17-8-7-16(25)11-21(17)26/h7-8,10-14H,4-6,9H2,1-3H3,(H,27,28)/b15-10+. The van der Waals surface area contributed by atoms with Crippen molar-refractivity contribution < 1.29 is 13.9 Å². The van der Waals surface area contributed by atoms with Crippen LogP contribution in [0.2, 0.25) is 10.0 Å². The maximum Gasteiger partial charge on any atom is 0.244 e. The first-order valence-electron chi connectivity index (χ1n) is 9.95. The molecule has 4 nitrogen and oxygen atoms in total. The molecule has 1 N–H and O–H groups in total. The van der Waals surface area contributed by atoms with Crippen LogP contribution in [0.3, 0.4) is 0 Å². The van der Waals surface area contributed by atoms with Crippen molar-refractivity contribution in [2.24, 2.45) is 0 Å². The maximum absolute atomic E-state index is 12.3. The molecule has 0 unspecified atom stereocenters. The number of fused-ring (bicyclic) bond motifs is 1. The number of rotatable bonds is 8. The van der Waals surface area contributed by atoms with Crippen LogP contribution in [-0.4, -0.2) is 19.6 Å². The van der Waals surface area contributed by atoms with Crippen LogP contribution < -0.4 is 10.1 Å². The molecule has 0 saturated heterocycles. The van der Waals surface area contributed by atoms with Crippen molar-refractivity contribution in [2.45, 2.75) is 33.1 Å². The summed E-state index contributed by atoms with van der Waals surface area (Å²) in [5.41, 5.74) is 3.98. The van der Waals surface area contributed by atoms with E-state index in [4.69, 9.17) is 32.4 Å². The fraction of sp³-hybridized carbons (Fsp3) is 0.292. The molecule has 1 amide bonds. The van der Waals surface area contributed by atoms with Crippen LogP contribution in [0.25, 0.3) is 27.7 Å². The van der Waals surface area contributed by atoms with Gasteiger partial charge < -0.3 is 14.5 Å². The van der Waals surface area contributed by atoms with Crippen LogP contribution in [0, 0.1) is 0 Å². The molecular weight excluding hydrogens is 421 g/mol. The van der Waals surface area contributed by atoms with Crippen molar-refractivity contribution in [2.75, 3.05) is 13.7 Å². The predicted octanol–water partition coefficient (Wildman–Crippen LogP) is 7.12. The number of furan rings is 1. The normalized spacial score (nSPS) is 11.7. The lowest BCUT2D eigenvalue weighted by Crippen LogP contribution is -2.22. The van der Waals surface area contributed by atoms with Gasteiger partial charge in [0.1, 0.15) is 11.3 Å². The molecule has 1 aromatic heterocycles. The lowest BCUT2D eigenvalue weighted by Gasteiger charge is -2.10. The van der Waals surface area contributed by atoms with Gasteiger partial charge in [-0.1, -0.05) is 49.0 Å². The third kappa shape index (κ3) is 5.00. The molecule has 0 saturated carbocycles. The number of methoxy groups -OCH3 is 1. The van der Waals surface area contributed by atoms with Gasteiger partial charge in [-0.3, -0.25) is 4.79 Å². The zero-order chi connectivity index (χ0) is 21.7. The van der Waals surface area contributed by atoms with Crippen molar-refractivity contribution in [1.82, 2.24) is 5.32 Å². The summed E-state index contributed by atoms with van der Waals surface area (Å²) in [4.78, 5) is 12.3. The maximum atomic E-state index is 12.3. The van der Waals surface area contributed by atoms with Crippen molar-refractivity contribution in [3.8, 4) is 16.9 Å². The van der Waals surface area contributed by atoms with Gasteiger partial charge in [-0.25, -0.2) is 0 Å². The SMILES string of the molecule is CCCCCNC(=O)/C=C(\C)c1cc2c(-c3ccc(Cl)cc3Cl)coc2cc1OC. The van der Waals surface area contributed by atoms with E-state index in [1.54, 1.807) is 31.6 Å². The van der Waals surface area contributed by atoms with Crippen molar-refractivity contribution >= 4 is 45.7 Å². The van der Waals surface area contributed by atoms with Gasteiger partial charge in [0.25, 0.3) is 0 Å². The van der Waals surface area contributed by atoms with Gasteiger partial charge in [-0.2, -0.15) is 0 Å². The number of ether oxygens (including phenoxy) is 1. The highest BCUT2D eigenvalue weighted by Crippen LogP contribution is 2.40. The lowest BCUT2D eigenvalue weighted by atomic mass is 9.99. The molecule has 0 aliphatic rings. The van der Waals surface area contributed by atoms with E-state index in [1.807, 2.05) is 25.1 Å². The second-order valence-electron chi connectivity index (χ2n) is 7.15. The summed E-state index contributed by atoms with van der Waals surface area (Å²) in [5.74, 6) is 0.525. The van der Waals surface area contributed by atoms with E-state index in [1.165, 1.54) is 0 Å². The van der Waals surface area contributed by atoms with Crippen LogP contribution in [0.1, 0.15) is 38.7 Å². The molecule has 2 aromatic carbocycles. The first-order chi connectivity index (χ1) is 14.4. The number of unbranched alkanes of at least 4 members (excludes halogenated alkanes) is 2. The Balaban J connectivity index is 1.98. The third-order valence-corrected chi connectivity index (χ3v) is 5.52. The molecular formula is C24H25Cl2NO3. The summed E-state index contributed by atoms with van der Waals surface area (Å²) in [6.45, 7) is 4.70. The minimum atomic E-state index is -0.112. The highest BCUT2D eigenvalue weighted by molar-refractivity contribution is 6.36. The molecule has 0 bridgehead atoms. The molecule has 0 spiro atoms. The van der Waals surface area contributed by atoms with Crippen LogP contribution in [-0.2, 0) is 4.79 Å². The number of allylic oxidation sites excluding steroid dienone is 1. The summed E-state index contributed by atoms with van der Waals surface area (Å²) < 4.78 is 11.3. The molecule has 0 fully saturated rings. The first-order valence-corrected chi connectivity index (χ1v) is 10.7. The number of benzene rings is 2. The Hall–Kier alpha value is -2.43. The molecule has 30 heavy (non-hydrogen) atoms. The van der Waals surface area contributed by atoms with Gasteiger partial charge in [0.15, 0.2) is 0 Å². The number of halogens is 2. The minimum Gasteiger partial charge on any atom is -0.496 e. The number of hydrogen-bond acceptors (Lipinski definition) is 3. The van der Waals surface area contributed by atoms with E-state index in [2.05, 4.69) is 12.2 Å². The van der Waals surface area contributed by atoms with Gasteiger partial charge in [-0.05, 0) is 37.1 Å². The molecule has 158 valence electrons. The summed E-state index contributed by atoms with van der Waals surface area (Å²) in [5, 5.41) is 4.93. The zero-order valence-electron chi connectivity index (χ0n) is 17.4. The molecule has 0 aliphatic heterocycles. The molecule has 3 aromatic rings. The quantitative estimate of drug-likeness (QED) is 0.296. The number of hydrogen-bond donors (Lipinski definition) is 1. The van der Waals surface area contributed by atoms with Crippen LogP contribution >= 0.6 is 23.2 Å². The van der Waals surface area contributed by atoms with Crippen molar-refractivity contribution in [3.05, 3.63) is 58.3 Å². The Morgan fingerprint density at radius 2 is 1.97 bits per heavy atom. The van der Waals surface area contributed by atoms with Gasteiger partial charge in [-0.15, -0.1) is 0 Å². The van der Waals surface area contributed by atoms with E-state index in [-0.39, 0.29) is 5.91 Å². The lowest BCUT2D eigenvalue weighted by molar-refractivity contribution is -0.116. The van der Waals surface area contributed by atoms with Crippen molar-refractivity contribution in [1.29, 1.82) is 0 Å². The minimum absolute atomic E-state index is 0.112. The largest absolute Gasteiger partial charge is 0.496 e. The highest BCUT2D eigenvalue weighted by atomic mass is 35.5. The van der Waals surface area contributed by atoms with Crippen LogP contribution in [0.15, 0.2) is 47.1 Å². The summed E-state index contributed by atoms with van der Waals surface area (Å²) in [7, 11) is 1.60. The highest BCUT2D eigenvalue weighted by Gasteiger charge is 2.16. The zero-order valence-corrected chi connectivity index (χ0v) is 18.9. The molecule has 3 rings (SSSR count). The second kappa shape index (κ2) is 10.1. The first kappa shape index (κ1) is 22.3. The van der Waals surface area contributed by atoms with Gasteiger partial charge >= 0.3 is 0 Å². The fourth-order valence-corrected chi connectivity index (χ4v) is 3.87. The average Bonchev–Trinajstić information content (AvgIpc) is 3.13. The van der Waals surface area contributed by atoms with Crippen molar-refractivity contribution in [3.63, 3.8) is 0 Å². The summed E-state index contributed by atoms with van der Waals surface area (Å²) in [6.07, 6.45) is 6.47. The summed E-state index contributed by atoms with van der Waals surface area (Å²) in [6, 6.07) is 9.16. The van der Waals surface area contributed by atoms with E-state index in [0.29, 0.717) is 27.9 Å². The smallest absolute Gasteiger partial charge is 0.244 e. The van der Waals surface area contributed by atoms with Gasteiger partial charge in [0, 0.05) is 45.8 Å².